The first-order valence-electron chi connectivity index (χ1n) is 4.24. The summed E-state index contributed by atoms with van der Waals surface area (Å²) in [5.74, 6) is 1.05. The molecule has 0 aromatic rings. The van der Waals surface area contributed by atoms with Crippen molar-refractivity contribution in [3.63, 3.8) is 0 Å². The summed E-state index contributed by atoms with van der Waals surface area (Å²) >= 11 is 0. The lowest BCUT2D eigenvalue weighted by atomic mass is 10.0. The maximum atomic E-state index is 5.54. The Morgan fingerprint density at radius 2 is 1.75 bits per heavy atom. The smallest absolute Gasteiger partial charge is 0.175 e. The summed E-state index contributed by atoms with van der Waals surface area (Å²) in [6, 6.07) is 0. The Morgan fingerprint density at radius 1 is 1.08 bits per heavy atom. The molecule has 0 spiro atoms. The van der Waals surface area contributed by atoms with Crippen LogP contribution in [0.25, 0.3) is 0 Å². The summed E-state index contributed by atoms with van der Waals surface area (Å²) in [5.41, 5.74) is 5.31. The van der Waals surface area contributed by atoms with E-state index in [1.54, 1.807) is 0 Å². The Balaban J connectivity index is 2.55. The third-order valence-corrected chi connectivity index (χ3v) is 2.63. The number of hydrogen-bond donors (Lipinski definition) is 0. The summed E-state index contributed by atoms with van der Waals surface area (Å²) in [4.78, 5) is 0. The van der Waals surface area contributed by atoms with Gasteiger partial charge in [0, 0.05) is 11.1 Å². The summed E-state index contributed by atoms with van der Waals surface area (Å²) in [6.45, 7) is 8.35. The van der Waals surface area contributed by atoms with Crippen LogP contribution in [0, 0.1) is 6.10 Å². The van der Waals surface area contributed by atoms with Gasteiger partial charge in [-0.3, -0.25) is 0 Å². The van der Waals surface area contributed by atoms with Crippen molar-refractivity contribution in [1.82, 2.24) is 0 Å². The number of hydrogen-bond acceptors (Lipinski definition) is 1. The van der Waals surface area contributed by atoms with Gasteiger partial charge in [0.05, 0.1) is 0 Å². The molecule has 63 valence electrons. The first-order valence-corrected chi connectivity index (χ1v) is 4.24. The Morgan fingerprint density at radius 3 is 2.33 bits per heavy atom. The van der Waals surface area contributed by atoms with E-state index in [-0.39, 0.29) is 0 Å². The van der Waals surface area contributed by atoms with E-state index in [0.29, 0.717) is 0 Å². The van der Waals surface area contributed by atoms with E-state index in [4.69, 9.17) is 4.74 Å². The second kappa shape index (κ2) is 2.25. The summed E-state index contributed by atoms with van der Waals surface area (Å²) in [6.07, 6.45) is 3.25. The molecule has 2 aliphatic rings. The van der Waals surface area contributed by atoms with Crippen LogP contribution in [0.5, 0.6) is 0 Å². The van der Waals surface area contributed by atoms with E-state index in [1.807, 2.05) is 13.8 Å². The molecule has 1 aliphatic heterocycles. The molecule has 0 fully saturated rings. The highest BCUT2D eigenvalue weighted by Crippen LogP contribution is 2.44. The summed E-state index contributed by atoms with van der Waals surface area (Å²) in [7, 11) is 0. The van der Waals surface area contributed by atoms with Gasteiger partial charge in [-0.05, 0) is 38.8 Å². The quantitative estimate of drug-likeness (QED) is 0.530. The number of fused-ring (bicyclic) bond motifs is 1. The van der Waals surface area contributed by atoms with Crippen molar-refractivity contribution >= 4 is 0 Å². The van der Waals surface area contributed by atoms with Gasteiger partial charge in [0.1, 0.15) is 5.76 Å². The zero-order valence-corrected chi connectivity index (χ0v) is 7.99. The molecule has 2 rings (SSSR count). The van der Waals surface area contributed by atoms with Crippen LogP contribution in [0.4, 0.5) is 0 Å². The predicted molar refractivity (Wildman–Crippen MR) is 49.2 cm³/mol. The monoisotopic (exact) mass is 161 g/mol. The largest absolute Gasteiger partial charge is 0.482 e. The van der Waals surface area contributed by atoms with Gasteiger partial charge in [-0.2, -0.15) is 0 Å². The van der Waals surface area contributed by atoms with Crippen LogP contribution >= 0.6 is 0 Å². The molecule has 0 aromatic carbocycles. The summed E-state index contributed by atoms with van der Waals surface area (Å²) < 4.78 is 5.54. The highest BCUT2D eigenvalue weighted by atomic mass is 16.5. The summed E-state index contributed by atoms with van der Waals surface area (Å²) in [5, 5.41) is 0. The second-order valence-corrected chi connectivity index (χ2v) is 3.46. The lowest BCUT2D eigenvalue weighted by molar-refractivity contribution is 0.269. The second-order valence-electron chi connectivity index (χ2n) is 3.46. The highest BCUT2D eigenvalue weighted by Gasteiger charge is 2.31. The topological polar surface area (TPSA) is 9.23 Å². The Labute approximate surface area is 73.4 Å². The van der Waals surface area contributed by atoms with Crippen LogP contribution in [-0.4, -0.2) is 0 Å². The molecule has 1 heterocycles. The van der Waals surface area contributed by atoms with Crippen LogP contribution in [0.15, 0.2) is 34.1 Å². The lowest BCUT2D eigenvalue weighted by Crippen LogP contribution is -1.89. The molecule has 0 bridgehead atoms. The first kappa shape index (κ1) is 7.66. The molecule has 1 heteroatoms. The fourth-order valence-electron chi connectivity index (χ4n) is 1.86. The molecule has 12 heavy (non-hydrogen) atoms. The van der Waals surface area contributed by atoms with Gasteiger partial charge in [-0.1, -0.05) is 6.08 Å². The third-order valence-electron chi connectivity index (χ3n) is 2.63. The third kappa shape index (κ3) is 0.795. The van der Waals surface area contributed by atoms with Crippen molar-refractivity contribution in [3.05, 3.63) is 40.2 Å². The van der Waals surface area contributed by atoms with Crippen LogP contribution in [0.3, 0.4) is 0 Å². The maximum absolute atomic E-state index is 5.54. The van der Waals surface area contributed by atoms with Crippen LogP contribution in [-0.2, 0) is 4.74 Å². The Hall–Kier alpha value is -0.980. The fourth-order valence-corrected chi connectivity index (χ4v) is 1.86. The molecular formula is C11H13O. The molecule has 1 aliphatic carbocycles. The zero-order chi connectivity index (χ0) is 8.88. The molecule has 0 N–H and O–H groups in total. The average molecular weight is 161 g/mol. The predicted octanol–water partition coefficient (Wildman–Crippen LogP) is 3.12. The maximum Gasteiger partial charge on any atom is 0.175 e. The van der Waals surface area contributed by atoms with E-state index in [2.05, 4.69) is 19.9 Å². The molecule has 1 radical (unpaired) electrons. The highest BCUT2D eigenvalue weighted by molar-refractivity contribution is 5.65. The van der Waals surface area contributed by atoms with E-state index >= 15 is 0 Å². The molecule has 0 amide bonds. The Bertz CT molecular complexity index is 329. The van der Waals surface area contributed by atoms with Gasteiger partial charge in [-0.15, -0.1) is 0 Å². The van der Waals surface area contributed by atoms with Crippen LogP contribution in [0.1, 0.15) is 27.7 Å². The standard InChI is InChI=1S/C11H13O/c1-6-5-10-8(3)12-9(4)11(10)7(6)2/h5H,1-4H3. The van der Waals surface area contributed by atoms with Gasteiger partial charge in [0.15, 0.2) is 6.10 Å². The van der Waals surface area contributed by atoms with E-state index in [1.165, 1.54) is 22.3 Å². The normalized spacial score (nSPS) is 23.2. The molecule has 0 saturated carbocycles. The van der Waals surface area contributed by atoms with Gasteiger partial charge < -0.3 is 4.74 Å². The molecule has 0 aromatic heterocycles. The van der Waals surface area contributed by atoms with Crippen LogP contribution in [0.2, 0.25) is 0 Å². The fraction of sp³-hybridized carbons (Fsp3) is 0.364. The number of ether oxygens (including phenoxy) is 1. The van der Waals surface area contributed by atoms with E-state index in [0.717, 1.165) is 11.9 Å². The number of allylic oxidation sites excluding steroid dienone is 4. The zero-order valence-electron chi connectivity index (χ0n) is 7.99. The van der Waals surface area contributed by atoms with Gasteiger partial charge in [0.25, 0.3) is 0 Å². The molecular weight excluding hydrogens is 148 g/mol. The minimum absolute atomic E-state index is 1.04. The average Bonchev–Trinajstić information content (AvgIpc) is 2.41. The van der Waals surface area contributed by atoms with Crippen LogP contribution < -0.4 is 0 Å². The minimum Gasteiger partial charge on any atom is -0.482 e. The van der Waals surface area contributed by atoms with E-state index in [9.17, 15) is 0 Å². The molecule has 0 atom stereocenters. The van der Waals surface area contributed by atoms with E-state index < -0.39 is 0 Å². The first-order chi connectivity index (χ1) is 5.61. The molecule has 0 saturated heterocycles. The molecule has 0 unspecified atom stereocenters. The lowest BCUT2D eigenvalue weighted by Gasteiger charge is -2.03. The van der Waals surface area contributed by atoms with Gasteiger partial charge >= 0.3 is 0 Å². The van der Waals surface area contributed by atoms with Gasteiger partial charge in [0.2, 0.25) is 0 Å². The number of rotatable bonds is 0. The van der Waals surface area contributed by atoms with Crippen molar-refractivity contribution < 1.29 is 4.74 Å². The minimum atomic E-state index is 1.04. The van der Waals surface area contributed by atoms with Crippen molar-refractivity contribution in [3.8, 4) is 0 Å². The van der Waals surface area contributed by atoms with Crippen molar-refractivity contribution in [2.75, 3.05) is 0 Å². The van der Waals surface area contributed by atoms with Crippen molar-refractivity contribution in [2.45, 2.75) is 27.7 Å². The van der Waals surface area contributed by atoms with Crippen molar-refractivity contribution in [1.29, 1.82) is 0 Å². The van der Waals surface area contributed by atoms with Crippen molar-refractivity contribution in [2.24, 2.45) is 0 Å². The molecule has 1 nitrogen and oxygen atoms in total. The Kier molecular flexibility index (Phi) is 1.44. The van der Waals surface area contributed by atoms with Gasteiger partial charge in [-0.25, -0.2) is 0 Å². The SMILES string of the molecule is C[C]1OC(C)=C2C1=CC(C)=C2C.